The Balaban J connectivity index is 2.50. The van der Waals surface area contributed by atoms with E-state index in [1.54, 1.807) is 17.5 Å². The lowest BCUT2D eigenvalue weighted by molar-refractivity contribution is 0.664. The summed E-state index contributed by atoms with van der Waals surface area (Å²) in [6.45, 7) is 2.02. The molecular formula is C12H10N4OS. The van der Waals surface area contributed by atoms with Crippen molar-refractivity contribution in [2.75, 3.05) is 0 Å². The van der Waals surface area contributed by atoms with E-state index in [9.17, 15) is 4.79 Å². The summed E-state index contributed by atoms with van der Waals surface area (Å²) in [7, 11) is 1.87. The molecule has 0 N–H and O–H groups in total. The topological polar surface area (TPSA) is 63.6 Å². The minimum Gasteiger partial charge on any atom is -0.338 e. The van der Waals surface area contributed by atoms with E-state index in [4.69, 9.17) is 5.26 Å². The second-order valence-electron chi connectivity index (χ2n) is 4.16. The molecule has 0 saturated carbocycles. The predicted molar refractivity (Wildman–Crippen MR) is 70.7 cm³/mol. The number of hydrogen-bond acceptors (Lipinski definition) is 4. The van der Waals surface area contributed by atoms with Gasteiger partial charge in [0.2, 0.25) is 0 Å². The third-order valence-electron chi connectivity index (χ3n) is 3.02. The van der Waals surface area contributed by atoms with Gasteiger partial charge in [-0.15, -0.1) is 11.3 Å². The third-order valence-corrected chi connectivity index (χ3v) is 4.09. The Bertz CT molecular complexity index is 862. The first kappa shape index (κ1) is 11.0. The summed E-state index contributed by atoms with van der Waals surface area (Å²) >= 11 is 1.66. The Morgan fingerprint density at radius 2 is 2.33 bits per heavy atom. The van der Waals surface area contributed by atoms with Crippen molar-refractivity contribution in [3.05, 3.63) is 27.5 Å². The van der Waals surface area contributed by atoms with Crippen LogP contribution in [0.2, 0.25) is 0 Å². The van der Waals surface area contributed by atoms with Crippen molar-refractivity contribution >= 4 is 32.5 Å². The number of nitriles is 1. The molecule has 90 valence electrons. The number of fused-ring (bicyclic) bond motifs is 3. The summed E-state index contributed by atoms with van der Waals surface area (Å²) in [6, 6.07) is 4.00. The molecule has 3 rings (SSSR count). The molecule has 0 fully saturated rings. The first-order chi connectivity index (χ1) is 8.63. The van der Waals surface area contributed by atoms with Crippen LogP contribution < -0.4 is 5.56 Å². The molecule has 0 atom stereocenters. The smallest absolute Gasteiger partial charge is 0.292 e. The SMILES string of the molecule is Cc1cc2c(s1)c1cnn(CC#N)c(=O)c1n2C. The van der Waals surface area contributed by atoms with Crippen molar-refractivity contribution in [1.82, 2.24) is 14.3 Å². The van der Waals surface area contributed by atoms with Crippen LogP contribution in [-0.4, -0.2) is 14.3 Å². The summed E-state index contributed by atoms with van der Waals surface area (Å²) in [4.78, 5) is 13.4. The lowest BCUT2D eigenvalue weighted by Crippen LogP contribution is -2.23. The van der Waals surface area contributed by atoms with Gasteiger partial charge in [0.25, 0.3) is 5.56 Å². The van der Waals surface area contributed by atoms with Crippen LogP contribution in [0.15, 0.2) is 17.1 Å². The Morgan fingerprint density at radius 1 is 1.56 bits per heavy atom. The number of aryl methyl sites for hydroxylation is 2. The van der Waals surface area contributed by atoms with Crippen molar-refractivity contribution in [1.29, 1.82) is 5.26 Å². The van der Waals surface area contributed by atoms with Crippen LogP contribution in [0.5, 0.6) is 0 Å². The zero-order chi connectivity index (χ0) is 12.9. The van der Waals surface area contributed by atoms with Crippen LogP contribution in [-0.2, 0) is 13.6 Å². The molecular weight excluding hydrogens is 248 g/mol. The summed E-state index contributed by atoms with van der Waals surface area (Å²) < 4.78 is 4.16. The molecule has 3 aromatic heterocycles. The van der Waals surface area contributed by atoms with Gasteiger partial charge in [-0.1, -0.05) is 0 Å². The molecule has 0 aromatic carbocycles. The Kier molecular flexibility index (Phi) is 2.25. The predicted octanol–water partition coefficient (Wildman–Crippen LogP) is 1.78. The van der Waals surface area contributed by atoms with Gasteiger partial charge >= 0.3 is 0 Å². The standard InChI is InChI=1S/C12H10N4OS/c1-7-5-9-11(18-7)8-6-14-16(4-3-13)12(17)10(8)15(9)2/h5-6H,4H2,1-2H3. The van der Waals surface area contributed by atoms with E-state index in [0.29, 0.717) is 5.52 Å². The number of hydrogen-bond donors (Lipinski definition) is 0. The average Bonchev–Trinajstić information content (AvgIpc) is 2.82. The minimum atomic E-state index is -0.211. The Labute approximate surface area is 106 Å². The van der Waals surface area contributed by atoms with E-state index in [1.807, 2.05) is 24.6 Å². The van der Waals surface area contributed by atoms with Gasteiger partial charge in [-0.25, -0.2) is 4.68 Å². The Morgan fingerprint density at radius 3 is 3.06 bits per heavy atom. The molecule has 3 aromatic rings. The minimum absolute atomic E-state index is 0.0212. The van der Waals surface area contributed by atoms with E-state index in [1.165, 1.54) is 9.56 Å². The monoisotopic (exact) mass is 258 g/mol. The second-order valence-corrected chi connectivity index (χ2v) is 5.41. The molecule has 5 nitrogen and oxygen atoms in total. The van der Waals surface area contributed by atoms with Gasteiger partial charge in [0.05, 0.1) is 22.5 Å². The first-order valence-electron chi connectivity index (χ1n) is 5.45. The number of rotatable bonds is 1. The number of nitrogens with zero attached hydrogens (tertiary/aromatic N) is 4. The molecule has 3 heterocycles. The van der Waals surface area contributed by atoms with Gasteiger partial charge in [-0.2, -0.15) is 10.4 Å². The van der Waals surface area contributed by atoms with E-state index < -0.39 is 0 Å². The maximum Gasteiger partial charge on any atom is 0.292 e. The summed E-state index contributed by atoms with van der Waals surface area (Å²) in [5, 5.41) is 13.6. The van der Waals surface area contributed by atoms with Crippen LogP contribution in [0.4, 0.5) is 0 Å². The lowest BCUT2D eigenvalue weighted by Gasteiger charge is -2.00. The zero-order valence-electron chi connectivity index (χ0n) is 9.97. The zero-order valence-corrected chi connectivity index (χ0v) is 10.8. The second kappa shape index (κ2) is 3.68. The van der Waals surface area contributed by atoms with Gasteiger partial charge in [0, 0.05) is 17.3 Å². The first-order valence-corrected chi connectivity index (χ1v) is 6.26. The van der Waals surface area contributed by atoms with Gasteiger partial charge in [-0.3, -0.25) is 4.79 Å². The highest BCUT2D eigenvalue weighted by Crippen LogP contribution is 2.32. The summed E-state index contributed by atoms with van der Waals surface area (Å²) in [5.41, 5.74) is 1.44. The highest BCUT2D eigenvalue weighted by atomic mass is 32.1. The molecule has 0 saturated heterocycles. The van der Waals surface area contributed by atoms with Crippen molar-refractivity contribution in [2.24, 2.45) is 7.05 Å². The van der Waals surface area contributed by atoms with Gasteiger partial charge in [0.1, 0.15) is 12.1 Å². The fourth-order valence-corrected chi connectivity index (χ4v) is 3.26. The molecule has 0 unspecified atom stereocenters. The molecule has 0 bridgehead atoms. The number of thiophene rings is 1. The van der Waals surface area contributed by atoms with Crippen LogP contribution in [0.25, 0.3) is 21.1 Å². The van der Waals surface area contributed by atoms with Gasteiger partial charge in [-0.05, 0) is 13.0 Å². The fraction of sp³-hybridized carbons (Fsp3) is 0.250. The molecule has 0 aliphatic carbocycles. The molecule has 6 heteroatoms. The fourth-order valence-electron chi connectivity index (χ4n) is 2.21. The summed E-state index contributed by atoms with van der Waals surface area (Å²) in [5.74, 6) is 0. The third kappa shape index (κ3) is 1.31. The van der Waals surface area contributed by atoms with Crippen LogP contribution in [0.3, 0.4) is 0 Å². The van der Waals surface area contributed by atoms with Crippen LogP contribution >= 0.6 is 11.3 Å². The van der Waals surface area contributed by atoms with Crippen molar-refractivity contribution < 1.29 is 0 Å². The van der Waals surface area contributed by atoms with Gasteiger partial charge < -0.3 is 4.57 Å². The van der Waals surface area contributed by atoms with Crippen molar-refractivity contribution in [2.45, 2.75) is 13.5 Å². The van der Waals surface area contributed by atoms with Crippen LogP contribution in [0.1, 0.15) is 4.88 Å². The largest absolute Gasteiger partial charge is 0.338 e. The molecule has 0 aliphatic rings. The number of aromatic nitrogens is 3. The maximum absolute atomic E-state index is 12.2. The van der Waals surface area contributed by atoms with E-state index in [-0.39, 0.29) is 12.1 Å². The van der Waals surface area contributed by atoms with Gasteiger partial charge in [0.15, 0.2) is 0 Å². The van der Waals surface area contributed by atoms with E-state index in [2.05, 4.69) is 11.2 Å². The Hall–Kier alpha value is -2.13. The average molecular weight is 258 g/mol. The molecule has 0 radical (unpaired) electrons. The van der Waals surface area contributed by atoms with Crippen molar-refractivity contribution in [3.63, 3.8) is 0 Å². The molecule has 0 spiro atoms. The van der Waals surface area contributed by atoms with Crippen molar-refractivity contribution in [3.8, 4) is 6.07 Å². The molecule has 0 aliphatic heterocycles. The lowest BCUT2D eigenvalue weighted by atomic mass is 10.3. The maximum atomic E-state index is 12.2. The van der Waals surface area contributed by atoms with E-state index in [0.717, 1.165) is 15.6 Å². The van der Waals surface area contributed by atoms with E-state index >= 15 is 0 Å². The highest BCUT2D eigenvalue weighted by molar-refractivity contribution is 7.20. The van der Waals surface area contributed by atoms with Crippen LogP contribution in [0, 0.1) is 18.3 Å². The quantitative estimate of drug-likeness (QED) is 0.668. The normalized spacial score (nSPS) is 11.2. The molecule has 0 amide bonds. The summed E-state index contributed by atoms with van der Waals surface area (Å²) in [6.07, 6.45) is 1.67. The molecule has 18 heavy (non-hydrogen) atoms. The highest BCUT2D eigenvalue weighted by Gasteiger charge is 2.15.